The Morgan fingerprint density at radius 2 is 2.57 bits per heavy atom. The molecule has 1 aromatic rings. The van der Waals surface area contributed by atoms with E-state index in [4.69, 9.17) is 0 Å². The summed E-state index contributed by atoms with van der Waals surface area (Å²) in [5.74, 6) is 0. The van der Waals surface area contributed by atoms with E-state index in [2.05, 4.69) is 10.4 Å². The first-order valence-corrected chi connectivity index (χ1v) is 3.06. The second kappa shape index (κ2) is 2.00. The molecule has 0 aliphatic rings. The van der Waals surface area contributed by atoms with Gasteiger partial charge in [-0.25, -0.2) is 0 Å². The fourth-order valence-corrected chi connectivity index (χ4v) is 1.06. The topological polar surface area (TPSA) is 12.9 Å². The Morgan fingerprint density at radius 3 is 2.71 bits per heavy atom. The molecule has 0 aromatic carbocycles. The molecular weight excluding hydrogens is 101 g/mol. The summed E-state index contributed by atoms with van der Waals surface area (Å²) in [7, 11) is 0. The molecule has 0 atom stereocenters. The second-order valence-electron chi connectivity index (χ2n) is 1.51. The van der Waals surface area contributed by atoms with Gasteiger partial charge in [-0.3, -0.25) is 0 Å². The van der Waals surface area contributed by atoms with Gasteiger partial charge in [0.1, 0.15) is 0 Å². The number of aromatic nitrogens is 1. The molecule has 1 heterocycles. The minimum absolute atomic E-state index is 1.13. The fraction of sp³-hybridized carbons (Fsp3) is 0.250. The molecule has 0 saturated heterocycles. The van der Waals surface area contributed by atoms with Crippen LogP contribution in [0, 0.1) is 6.92 Å². The molecule has 1 aromatic heterocycles. The van der Waals surface area contributed by atoms with Crippen LogP contribution < -0.4 is 3.68 Å². The first-order chi connectivity index (χ1) is 3.29. The van der Waals surface area contributed by atoms with Crippen molar-refractivity contribution in [1.29, 1.82) is 0 Å². The van der Waals surface area contributed by atoms with Crippen LogP contribution in [-0.4, -0.2) is 22.7 Å². The van der Waals surface area contributed by atoms with Crippen molar-refractivity contribution < 1.29 is 0 Å². The van der Waals surface area contributed by atoms with Crippen molar-refractivity contribution in [2.24, 2.45) is 0 Å². The monoisotopic (exact) mass is 105 g/mol. The normalized spacial score (nSPS) is 9.57. The Labute approximate surface area is 56.0 Å². The summed E-state index contributed by atoms with van der Waals surface area (Å²) in [4.78, 5) is 4.13. The van der Waals surface area contributed by atoms with Gasteiger partial charge in [-0.1, -0.05) is 0 Å². The van der Waals surface area contributed by atoms with E-state index in [1.54, 1.807) is 11.3 Å². The molecule has 0 unspecified atom stereocenters. The van der Waals surface area contributed by atoms with Crippen molar-refractivity contribution >= 4 is 32.7 Å². The molecule has 32 valence electrons. The van der Waals surface area contributed by atoms with Crippen LogP contribution in [0.4, 0.5) is 0 Å². The van der Waals surface area contributed by atoms with Crippen LogP contribution in [0.2, 0.25) is 0 Å². The number of thiazole rings is 1. The summed E-state index contributed by atoms with van der Waals surface area (Å²) >= 11 is 3.70. The van der Waals surface area contributed by atoms with Crippen LogP contribution in [0.1, 0.15) is 5.69 Å². The van der Waals surface area contributed by atoms with Gasteiger partial charge in [0.05, 0.1) is 0 Å². The summed E-state index contributed by atoms with van der Waals surface area (Å²) in [6, 6.07) is 0. The van der Waals surface area contributed by atoms with Crippen LogP contribution in [0.15, 0.2) is 5.38 Å². The molecule has 7 heavy (non-hydrogen) atoms. The van der Waals surface area contributed by atoms with Crippen molar-refractivity contribution in [1.82, 2.24) is 4.98 Å². The van der Waals surface area contributed by atoms with Gasteiger partial charge < -0.3 is 0 Å². The van der Waals surface area contributed by atoms with Crippen LogP contribution in [0.3, 0.4) is 0 Å². The van der Waals surface area contributed by atoms with Crippen LogP contribution >= 0.6 is 11.3 Å². The van der Waals surface area contributed by atoms with Gasteiger partial charge in [0.15, 0.2) is 0 Å². The van der Waals surface area contributed by atoms with E-state index in [-0.39, 0.29) is 0 Å². The van der Waals surface area contributed by atoms with E-state index < -0.39 is 0 Å². The van der Waals surface area contributed by atoms with Crippen LogP contribution in [0.5, 0.6) is 0 Å². The first-order valence-electron chi connectivity index (χ1n) is 2.18. The average Bonchev–Trinajstić information content (AvgIpc) is 1.87. The van der Waals surface area contributed by atoms with E-state index in [1.165, 1.54) is 0 Å². The third kappa shape index (κ3) is 1.31. The van der Waals surface area contributed by atoms with Crippen molar-refractivity contribution in [2.45, 2.75) is 6.92 Å². The predicted octanol–water partition coefficient (Wildman–Crippen LogP) is 0.245. The summed E-state index contributed by atoms with van der Waals surface area (Å²) in [6.45, 7) is 2.00. The molecule has 1 rings (SSSR count). The molecule has 1 nitrogen and oxygen atoms in total. The van der Waals surface area contributed by atoms with Gasteiger partial charge in [0.2, 0.25) is 0 Å². The van der Waals surface area contributed by atoms with Crippen LogP contribution in [0.25, 0.3) is 0 Å². The third-order valence-corrected chi connectivity index (χ3v) is 1.63. The van der Waals surface area contributed by atoms with Crippen molar-refractivity contribution in [3.63, 3.8) is 0 Å². The number of rotatable bonds is 0. The first kappa shape index (κ1) is 5.37. The zero-order valence-electron chi connectivity index (χ0n) is 4.43. The molecular formula is C4H4LiNS. The van der Waals surface area contributed by atoms with E-state index >= 15 is 0 Å². The Bertz CT molecular complexity index is 144. The fourth-order valence-electron chi connectivity index (χ4n) is 0.472. The number of aryl methyl sites for hydroxylation is 1. The Balaban J connectivity index is 3.04. The standard InChI is InChI=1S/C4H4NS.Li/c1-4-2-6-3-5-4;/h2H,1H3;. The zero-order chi connectivity index (χ0) is 5.28. The van der Waals surface area contributed by atoms with E-state index in [9.17, 15) is 0 Å². The van der Waals surface area contributed by atoms with Gasteiger partial charge in [0, 0.05) is 0 Å². The molecule has 0 saturated carbocycles. The Morgan fingerprint density at radius 1 is 1.86 bits per heavy atom. The summed E-state index contributed by atoms with van der Waals surface area (Å²) in [6.07, 6.45) is 0. The molecule has 0 bridgehead atoms. The molecule has 0 radical (unpaired) electrons. The van der Waals surface area contributed by atoms with E-state index in [0.29, 0.717) is 0 Å². The summed E-state index contributed by atoms with van der Waals surface area (Å²) in [5.41, 5.74) is 1.13. The van der Waals surface area contributed by atoms with Crippen LogP contribution in [-0.2, 0) is 0 Å². The molecule has 0 spiro atoms. The molecule has 0 aliphatic heterocycles. The summed E-state index contributed by atoms with van der Waals surface area (Å²) in [5, 5.41) is 2.05. The molecule has 0 fully saturated rings. The second-order valence-corrected chi connectivity index (χ2v) is 2.57. The van der Waals surface area contributed by atoms with Crippen molar-refractivity contribution in [3.05, 3.63) is 11.1 Å². The van der Waals surface area contributed by atoms with Gasteiger partial charge in [-0.15, -0.1) is 0 Å². The molecule has 3 heteroatoms. The predicted molar refractivity (Wildman–Crippen MR) is 32.2 cm³/mol. The number of nitrogens with zero attached hydrogens (tertiary/aromatic N) is 1. The maximum absolute atomic E-state index is 4.13. The molecule has 0 amide bonds. The third-order valence-electron chi connectivity index (χ3n) is 0.734. The van der Waals surface area contributed by atoms with Crippen molar-refractivity contribution in [2.75, 3.05) is 0 Å². The molecule has 0 aliphatic carbocycles. The van der Waals surface area contributed by atoms with Gasteiger partial charge in [0.25, 0.3) is 0 Å². The number of hydrogen-bond acceptors (Lipinski definition) is 2. The van der Waals surface area contributed by atoms with Gasteiger partial charge in [-0.2, -0.15) is 0 Å². The quantitative estimate of drug-likeness (QED) is 0.431. The Kier molecular flexibility index (Phi) is 1.53. The zero-order valence-corrected chi connectivity index (χ0v) is 5.25. The average molecular weight is 105 g/mol. The maximum atomic E-state index is 4.13. The molecule has 0 N–H and O–H groups in total. The van der Waals surface area contributed by atoms with E-state index in [0.717, 1.165) is 9.37 Å². The summed E-state index contributed by atoms with van der Waals surface area (Å²) < 4.78 is 1.15. The minimum atomic E-state index is 1.13. The number of hydrogen-bond donors (Lipinski definition) is 0. The van der Waals surface area contributed by atoms with Gasteiger partial charge >= 0.3 is 55.7 Å². The van der Waals surface area contributed by atoms with E-state index in [1.807, 2.05) is 24.6 Å². The SMILES string of the molecule is [Li][c]1nc(C)cs1. The van der Waals surface area contributed by atoms with Gasteiger partial charge in [-0.05, 0) is 0 Å². The Hall–Kier alpha value is 0.227. The van der Waals surface area contributed by atoms with Crippen molar-refractivity contribution in [3.8, 4) is 0 Å².